The predicted octanol–water partition coefficient (Wildman–Crippen LogP) is 1.92. The van der Waals surface area contributed by atoms with Crippen LogP contribution in [0.5, 0.6) is 0 Å². The van der Waals surface area contributed by atoms with Gasteiger partial charge in [-0.15, -0.1) is 0 Å². The van der Waals surface area contributed by atoms with Crippen LogP contribution >= 0.6 is 11.9 Å². The van der Waals surface area contributed by atoms with Gasteiger partial charge < -0.3 is 16.4 Å². The summed E-state index contributed by atoms with van der Waals surface area (Å²) in [6, 6.07) is 8.18. The van der Waals surface area contributed by atoms with E-state index >= 15 is 0 Å². The van der Waals surface area contributed by atoms with Gasteiger partial charge in [-0.25, -0.2) is 0 Å². The Morgan fingerprint density at radius 1 is 1.20 bits per heavy atom. The van der Waals surface area contributed by atoms with Gasteiger partial charge in [0.2, 0.25) is 17.7 Å². The zero-order valence-electron chi connectivity index (χ0n) is 17.7. The predicted molar refractivity (Wildman–Crippen MR) is 121 cm³/mol. The van der Waals surface area contributed by atoms with Crippen LogP contribution in [-0.2, 0) is 20.8 Å². The Morgan fingerprint density at radius 3 is 2.60 bits per heavy atom. The lowest BCUT2D eigenvalue weighted by Crippen LogP contribution is -2.40. The summed E-state index contributed by atoms with van der Waals surface area (Å²) in [5.74, 6) is -0.440. The number of nitrogens with two attached hydrogens (primary N) is 1. The normalized spacial score (nSPS) is 15.6. The second-order valence-electron chi connectivity index (χ2n) is 7.62. The molecule has 0 radical (unpaired) electrons. The van der Waals surface area contributed by atoms with Gasteiger partial charge in [-0.3, -0.25) is 19.1 Å². The fourth-order valence-electron chi connectivity index (χ4n) is 3.06. The van der Waals surface area contributed by atoms with Gasteiger partial charge in [0.05, 0.1) is 6.54 Å². The Labute approximate surface area is 182 Å². The maximum Gasteiger partial charge on any atom is 0.235 e. The van der Waals surface area contributed by atoms with E-state index in [2.05, 4.69) is 45.4 Å². The van der Waals surface area contributed by atoms with E-state index in [0.29, 0.717) is 11.8 Å². The Balaban J connectivity index is 0.000000735. The van der Waals surface area contributed by atoms with Gasteiger partial charge >= 0.3 is 0 Å². The highest BCUT2D eigenvalue weighted by atomic mass is 32.2. The molecule has 0 saturated heterocycles. The smallest absolute Gasteiger partial charge is 0.235 e. The summed E-state index contributed by atoms with van der Waals surface area (Å²) in [6.45, 7) is 3.99. The van der Waals surface area contributed by atoms with Crippen molar-refractivity contribution >= 4 is 35.2 Å². The topological polar surface area (TPSA) is 113 Å². The van der Waals surface area contributed by atoms with Gasteiger partial charge in [-0.2, -0.15) is 0 Å². The fraction of sp³-hybridized carbons (Fsp3) is 0.500. The molecule has 0 spiro atoms. The number of carbonyl (C=O) groups is 3. The zero-order chi connectivity index (χ0) is 21.9. The minimum Gasteiger partial charge on any atom is -0.370 e. The summed E-state index contributed by atoms with van der Waals surface area (Å²) in [6.07, 6.45) is 7.03. The largest absolute Gasteiger partial charge is 0.370 e. The highest BCUT2D eigenvalue weighted by molar-refractivity contribution is 7.98. The molecule has 0 heterocycles. The first kappa shape index (κ1) is 24.0. The van der Waals surface area contributed by atoms with E-state index in [1.807, 2.05) is 13.0 Å². The van der Waals surface area contributed by atoms with Crippen molar-refractivity contribution in [2.45, 2.75) is 57.2 Å². The molecule has 30 heavy (non-hydrogen) atoms. The van der Waals surface area contributed by atoms with Gasteiger partial charge in [-0.05, 0) is 49.3 Å². The van der Waals surface area contributed by atoms with Crippen molar-refractivity contribution in [2.24, 2.45) is 5.73 Å². The van der Waals surface area contributed by atoms with E-state index < -0.39 is 0 Å². The van der Waals surface area contributed by atoms with Gasteiger partial charge in [0.25, 0.3) is 0 Å². The number of nitrogens with one attached hydrogen (secondary N) is 3. The molecule has 8 heteroatoms. The third-order valence-electron chi connectivity index (χ3n) is 4.55. The lowest BCUT2D eigenvalue weighted by molar-refractivity contribution is -0.122. The standard InChI is InChI=1S/C20H27N3O2S.C2H5NO/c1-14(23-20(25)13-22-26-17-9-10-17)11-19(24)21-12-16-7-4-6-15-5-2-3-8-18(15)16;1-2(3)4/h2-3,5,7-8,14,17,22H,4,6,9-13H2,1H3,(H,21,24)(H,23,25);1H3,(H2,3,4). The van der Waals surface area contributed by atoms with Gasteiger partial charge in [0.15, 0.2) is 0 Å². The molecule has 1 aromatic carbocycles. The number of hydrogen-bond acceptors (Lipinski definition) is 5. The third-order valence-corrected chi connectivity index (χ3v) is 5.67. The van der Waals surface area contributed by atoms with E-state index in [1.165, 1.54) is 36.5 Å². The molecule has 1 fully saturated rings. The quantitative estimate of drug-likeness (QED) is 0.445. The summed E-state index contributed by atoms with van der Waals surface area (Å²) in [7, 11) is 0. The number of carbonyl (C=O) groups excluding carboxylic acids is 3. The number of primary amides is 1. The maximum atomic E-state index is 12.2. The maximum absolute atomic E-state index is 12.2. The van der Waals surface area contributed by atoms with Crippen molar-refractivity contribution in [3.8, 4) is 0 Å². The molecule has 0 aromatic heterocycles. The molecule has 1 aromatic rings. The fourth-order valence-corrected chi connectivity index (χ4v) is 3.88. The molecule has 2 aliphatic carbocycles. The molecule has 3 amide bonds. The average molecular weight is 433 g/mol. The summed E-state index contributed by atoms with van der Waals surface area (Å²) < 4.78 is 3.08. The Hall–Kier alpha value is -2.32. The molecular formula is C22H32N4O3S. The second-order valence-corrected chi connectivity index (χ2v) is 8.81. The van der Waals surface area contributed by atoms with Crippen molar-refractivity contribution in [1.82, 2.24) is 15.4 Å². The molecule has 0 bridgehead atoms. The molecule has 2 aliphatic rings. The van der Waals surface area contributed by atoms with Crippen LogP contribution in [0.1, 0.15) is 50.7 Å². The SMILES string of the molecule is CC(CC(=O)NCC1=CCCc2ccccc21)NC(=O)CNSC1CC1.CC(N)=O. The number of amides is 3. The van der Waals surface area contributed by atoms with Gasteiger partial charge in [-0.1, -0.05) is 42.3 Å². The number of hydrogen-bond donors (Lipinski definition) is 4. The molecular weight excluding hydrogens is 400 g/mol. The molecule has 1 unspecified atom stereocenters. The number of aryl methyl sites for hydroxylation is 1. The van der Waals surface area contributed by atoms with E-state index in [9.17, 15) is 14.4 Å². The Morgan fingerprint density at radius 2 is 1.90 bits per heavy atom. The highest BCUT2D eigenvalue weighted by Gasteiger charge is 2.22. The van der Waals surface area contributed by atoms with Crippen molar-refractivity contribution < 1.29 is 14.4 Å². The third kappa shape index (κ3) is 9.45. The molecule has 5 N–H and O–H groups in total. The van der Waals surface area contributed by atoms with E-state index in [-0.39, 0.29) is 36.7 Å². The molecule has 3 rings (SSSR count). The summed E-state index contributed by atoms with van der Waals surface area (Å²) >= 11 is 1.63. The van der Waals surface area contributed by atoms with Crippen molar-refractivity contribution in [1.29, 1.82) is 0 Å². The van der Waals surface area contributed by atoms with Crippen LogP contribution in [0, 0.1) is 0 Å². The number of rotatable bonds is 9. The first-order valence-electron chi connectivity index (χ1n) is 10.3. The first-order chi connectivity index (χ1) is 14.3. The zero-order valence-corrected chi connectivity index (χ0v) is 18.5. The summed E-state index contributed by atoms with van der Waals surface area (Å²) in [5, 5.41) is 6.53. The second kappa shape index (κ2) is 12.4. The molecule has 164 valence electrons. The van der Waals surface area contributed by atoms with Gasteiger partial charge in [0.1, 0.15) is 0 Å². The molecule has 0 aliphatic heterocycles. The molecule has 7 nitrogen and oxygen atoms in total. The van der Waals surface area contributed by atoms with Crippen LogP contribution in [0.3, 0.4) is 0 Å². The van der Waals surface area contributed by atoms with Crippen LogP contribution in [-0.4, -0.2) is 42.1 Å². The van der Waals surface area contributed by atoms with E-state index in [0.717, 1.165) is 12.8 Å². The summed E-state index contributed by atoms with van der Waals surface area (Å²) in [4.78, 5) is 33.3. The lowest BCUT2D eigenvalue weighted by atomic mass is 9.91. The van der Waals surface area contributed by atoms with Crippen LogP contribution in [0.4, 0.5) is 0 Å². The van der Waals surface area contributed by atoms with Crippen LogP contribution in [0.25, 0.3) is 5.57 Å². The van der Waals surface area contributed by atoms with Crippen molar-refractivity contribution in [3.63, 3.8) is 0 Å². The Kier molecular flexibility index (Phi) is 9.89. The molecule has 1 saturated carbocycles. The van der Waals surface area contributed by atoms with Crippen LogP contribution < -0.4 is 21.1 Å². The minimum absolute atomic E-state index is 0.0398. The molecule has 1 atom stereocenters. The summed E-state index contributed by atoms with van der Waals surface area (Å²) in [5.41, 5.74) is 8.23. The van der Waals surface area contributed by atoms with E-state index in [4.69, 9.17) is 0 Å². The first-order valence-corrected chi connectivity index (χ1v) is 11.2. The number of benzene rings is 1. The van der Waals surface area contributed by atoms with Crippen LogP contribution in [0.2, 0.25) is 0 Å². The monoisotopic (exact) mass is 432 g/mol. The van der Waals surface area contributed by atoms with Crippen LogP contribution in [0.15, 0.2) is 30.3 Å². The average Bonchev–Trinajstić information content (AvgIpc) is 3.50. The van der Waals surface area contributed by atoms with Gasteiger partial charge in [0, 0.05) is 31.2 Å². The highest BCUT2D eigenvalue weighted by Crippen LogP contribution is 2.31. The number of fused-ring (bicyclic) bond motifs is 1. The number of allylic oxidation sites excluding steroid dienone is 1. The van der Waals surface area contributed by atoms with Crippen molar-refractivity contribution in [3.05, 3.63) is 41.5 Å². The lowest BCUT2D eigenvalue weighted by Gasteiger charge is -2.19. The van der Waals surface area contributed by atoms with E-state index in [1.54, 1.807) is 11.9 Å². The Bertz CT molecular complexity index is 773. The minimum atomic E-state index is -0.333. The van der Waals surface area contributed by atoms with Crippen molar-refractivity contribution in [2.75, 3.05) is 13.1 Å².